The smallest absolute Gasteiger partial charge is 0.257 e. The van der Waals surface area contributed by atoms with E-state index in [-0.39, 0.29) is 17.7 Å². The zero-order valence-corrected chi connectivity index (χ0v) is 12.4. The molecule has 7 heteroatoms. The predicted molar refractivity (Wildman–Crippen MR) is 77.4 cm³/mol. The molecule has 2 saturated heterocycles. The number of aliphatic hydroxyl groups excluding tert-OH is 1. The van der Waals surface area contributed by atoms with E-state index in [0.717, 1.165) is 13.1 Å². The summed E-state index contributed by atoms with van der Waals surface area (Å²) in [6.07, 6.45) is 1.56. The molecule has 114 valence electrons. The molecule has 2 aliphatic rings. The summed E-state index contributed by atoms with van der Waals surface area (Å²) >= 11 is 6.00. The highest BCUT2D eigenvalue weighted by atomic mass is 35.5. The Bertz CT molecular complexity index is 542. The van der Waals surface area contributed by atoms with Crippen LogP contribution in [0.4, 0.5) is 0 Å². The van der Waals surface area contributed by atoms with Crippen molar-refractivity contribution in [1.29, 1.82) is 0 Å². The van der Waals surface area contributed by atoms with Gasteiger partial charge in [-0.3, -0.25) is 9.69 Å². The number of ether oxygens (including phenoxy) is 1. The SMILES string of the molecule is O=C(c1cccnc1Cl)N1CCN2CCOCC2(CO)C1. The Balaban J connectivity index is 1.81. The molecule has 0 saturated carbocycles. The van der Waals surface area contributed by atoms with E-state index in [0.29, 0.717) is 31.9 Å². The third-order valence-electron chi connectivity index (χ3n) is 4.24. The molecule has 1 amide bonds. The maximum absolute atomic E-state index is 12.6. The van der Waals surface area contributed by atoms with Crippen LogP contribution in [-0.4, -0.2) is 77.3 Å². The van der Waals surface area contributed by atoms with E-state index in [9.17, 15) is 9.90 Å². The number of hydrogen-bond donors (Lipinski definition) is 1. The number of carbonyl (C=O) groups is 1. The number of fused-ring (bicyclic) bond motifs is 1. The Hall–Kier alpha value is -1.21. The molecule has 0 aromatic carbocycles. The van der Waals surface area contributed by atoms with E-state index >= 15 is 0 Å². The van der Waals surface area contributed by atoms with Gasteiger partial charge in [0.2, 0.25) is 0 Å². The molecule has 21 heavy (non-hydrogen) atoms. The van der Waals surface area contributed by atoms with Crippen molar-refractivity contribution in [2.24, 2.45) is 0 Å². The van der Waals surface area contributed by atoms with Gasteiger partial charge in [0.05, 0.1) is 30.9 Å². The second-order valence-electron chi connectivity index (χ2n) is 5.49. The minimum atomic E-state index is -0.499. The lowest BCUT2D eigenvalue weighted by Crippen LogP contribution is -2.69. The van der Waals surface area contributed by atoms with Gasteiger partial charge in [-0.1, -0.05) is 11.6 Å². The lowest BCUT2D eigenvalue weighted by atomic mass is 9.94. The molecule has 0 spiro atoms. The molecule has 6 nitrogen and oxygen atoms in total. The van der Waals surface area contributed by atoms with Gasteiger partial charge < -0.3 is 14.7 Å². The molecular weight excluding hydrogens is 294 g/mol. The lowest BCUT2D eigenvalue weighted by Gasteiger charge is -2.52. The average Bonchev–Trinajstić information content (AvgIpc) is 2.54. The summed E-state index contributed by atoms with van der Waals surface area (Å²) in [4.78, 5) is 20.5. The number of rotatable bonds is 2. The number of pyridine rings is 1. The highest BCUT2D eigenvalue weighted by molar-refractivity contribution is 6.32. The van der Waals surface area contributed by atoms with E-state index in [2.05, 4.69) is 9.88 Å². The van der Waals surface area contributed by atoms with Crippen LogP contribution in [0.3, 0.4) is 0 Å². The average molecular weight is 312 g/mol. The first kappa shape index (κ1) is 14.7. The van der Waals surface area contributed by atoms with Crippen molar-refractivity contribution >= 4 is 17.5 Å². The molecule has 2 fully saturated rings. The van der Waals surface area contributed by atoms with Crippen LogP contribution in [0, 0.1) is 0 Å². The summed E-state index contributed by atoms with van der Waals surface area (Å²) in [6.45, 7) is 3.65. The zero-order valence-electron chi connectivity index (χ0n) is 11.7. The minimum absolute atomic E-state index is 0.0302. The lowest BCUT2D eigenvalue weighted by molar-refractivity contribution is -0.119. The van der Waals surface area contributed by atoms with E-state index in [1.807, 2.05) is 0 Å². The van der Waals surface area contributed by atoms with Crippen molar-refractivity contribution in [3.8, 4) is 0 Å². The monoisotopic (exact) mass is 311 g/mol. The molecule has 1 unspecified atom stereocenters. The minimum Gasteiger partial charge on any atom is -0.394 e. The summed E-state index contributed by atoms with van der Waals surface area (Å²) in [5.41, 5.74) is -0.0988. The van der Waals surface area contributed by atoms with Crippen LogP contribution in [0.15, 0.2) is 18.3 Å². The number of carbonyl (C=O) groups excluding carboxylic acids is 1. The second kappa shape index (κ2) is 5.88. The zero-order chi connectivity index (χ0) is 14.9. The summed E-state index contributed by atoms with van der Waals surface area (Å²) < 4.78 is 5.51. The highest BCUT2D eigenvalue weighted by Gasteiger charge is 2.45. The Morgan fingerprint density at radius 1 is 1.48 bits per heavy atom. The number of halogens is 1. The molecule has 0 aliphatic carbocycles. The molecule has 1 atom stereocenters. The van der Waals surface area contributed by atoms with Crippen molar-refractivity contribution in [3.05, 3.63) is 29.0 Å². The van der Waals surface area contributed by atoms with Gasteiger partial charge in [0.25, 0.3) is 5.91 Å². The van der Waals surface area contributed by atoms with Gasteiger partial charge in [-0.2, -0.15) is 0 Å². The fraction of sp³-hybridized carbons (Fsp3) is 0.571. The Morgan fingerprint density at radius 2 is 2.33 bits per heavy atom. The Kier molecular flexibility index (Phi) is 4.12. The number of nitrogens with zero attached hydrogens (tertiary/aromatic N) is 3. The number of aromatic nitrogens is 1. The highest BCUT2D eigenvalue weighted by Crippen LogP contribution is 2.26. The quantitative estimate of drug-likeness (QED) is 0.793. The molecule has 2 aliphatic heterocycles. The van der Waals surface area contributed by atoms with Crippen LogP contribution in [0.25, 0.3) is 0 Å². The van der Waals surface area contributed by atoms with Crippen molar-refractivity contribution in [3.63, 3.8) is 0 Å². The fourth-order valence-electron chi connectivity index (χ4n) is 3.02. The van der Waals surface area contributed by atoms with E-state index in [4.69, 9.17) is 16.3 Å². The van der Waals surface area contributed by atoms with Crippen LogP contribution in [0.2, 0.25) is 5.15 Å². The first-order valence-electron chi connectivity index (χ1n) is 7.00. The van der Waals surface area contributed by atoms with Crippen LogP contribution in [0.5, 0.6) is 0 Å². The van der Waals surface area contributed by atoms with Crippen LogP contribution in [0.1, 0.15) is 10.4 Å². The summed E-state index contributed by atoms with van der Waals surface area (Å²) in [6, 6.07) is 3.37. The molecule has 0 radical (unpaired) electrons. The van der Waals surface area contributed by atoms with E-state index < -0.39 is 5.54 Å². The van der Waals surface area contributed by atoms with Crippen molar-refractivity contribution < 1.29 is 14.6 Å². The van der Waals surface area contributed by atoms with Crippen LogP contribution >= 0.6 is 11.6 Å². The molecule has 3 heterocycles. The van der Waals surface area contributed by atoms with E-state index in [1.54, 1.807) is 23.2 Å². The van der Waals surface area contributed by atoms with Crippen LogP contribution < -0.4 is 0 Å². The number of piperazine rings is 1. The maximum atomic E-state index is 12.6. The third-order valence-corrected chi connectivity index (χ3v) is 4.54. The molecule has 1 aromatic heterocycles. The third kappa shape index (κ3) is 2.64. The van der Waals surface area contributed by atoms with Crippen LogP contribution in [-0.2, 0) is 4.74 Å². The normalized spacial score (nSPS) is 26.5. The first-order valence-corrected chi connectivity index (χ1v) is 7.37. The molecule has 1 N–H and O–H groups in total. The summed E-state index contributed by atoms with van der Waals surface area (Å²) in [5, 5.41) is 10.0. The maximum Gasteiger partial charge on any atom is 0.257 e. The standard InChI is InChI=1S/C14H18ClN3O3/c15-12-11(2-1-3-16-12)13(20)17-4-5-18-6-7-21-10-14(18,8-17)9-19/h1-3,19H,4-10H2. The topological polar surface area (TPSA) is 65.9 Å². The van der Waals surface area contributed by atoms with Gasteiger partial charge in [0, 0.05) is 32.4 Å². The van der Waals surface area contributed by atoms with Gasteiger partial charge in [0.15, 0.2) is 0 Å². The molecule has 1 aromatic rings. The van der Waals surface area contributed by atoms with Gasteiger partial charge in [-0.15, -0.1) is 0 Å². The fourth-order valence-corrected chi connectivity index (χ4v) is 3.22. The Labute approximate surface area is 128 Å². The predicted octanol–water partition coefficient (Wildman–Crippen LogP) is 0.254. The van der Waals surface area contributed by atoms with E-state index in [1.165, 1.54) is 0 Å². The Morgan fingerprint density at radius 3 is 3.10 bits per heavy atom. The molecule has 3 rings (SSSR count). The first-order chi connectivity index (χ1) is 10.2. The largest absolute Gasteiger partial charge is 0.394 e. The number of aliphatic hydroxyl groups is 1. The summed E-state index contributed by atoms with van der Waals surface area (Å²) in [5.74, 6) is -0.147. The van der Waals surface area contributed by atoms with Crippen molar-refractivity contribution in [1.82, 2.24) is 14.8 Å². The number of hydrogen-bond acceptors (Lipinski definition) is 5. The number of amides is 1. The molecule has 0 bridgehead atoms. The second-order valence-corrected chi connectivity index (χ2v) is 5.85. The van der Waals surface area contributed by atoms with Crippen molar-refractivity contribution in [2.75, 3.05) is 46.0 Å². The van der Waals surface area contributed by atoms with Gasteiger partial charge in [-0.05, 0) is 12.1 Å². The molecular formula is C14H18ClN3O3. The van der Waals surface area contributed by atoms with Gasteiger partial charge in [-0.25, -0.2) is 4.98 Å². The van der Waals surface area contributed by atoms with Gasteiger partial charge in [0.1, 0.15) is 5.15 Å². The van der Waals surface area contributed by atoms with Gasteiger partial charge >= 0.3 is 0 Å². The summed E-state index contributed by atoms with van der Waals surface area (Å²) in [7, 11) is 0. The number of morpholine rings is 1. The van der Waals surface area contributed by atoms with Crippen molar-refractivity contribution in [2.45, 2.75) is 5.54 Å².